The van der Waals surface area contributed by atoms with Gasteiger partial charge in [0.2, 0.25) is 5.88 Å². The van der Waals surface area contributed by atoms with Crippen LogP contribution in [-0.4, -0.2) is 54.5 Å². The van der Waals surface area contributed by atoms with Gasteiger partial charge in [-0.05, 0) is 67.8 Å². The quantitative estimate of drug-likeness (QED) is 0.254. The fraction of sp³-hybridized carbons (Fsp3) is 0.281. The molecule has 0 aliphatic carbocycles. The van der Waals surface area contributed by atoms with Crippen molar-refractivity contribution in [1.29, 1.82) is 0 Å². The van der Waals surface area contributed by atoms with Gasteiger partial charge in [-0.2, -0.15) is 4.98 Å². The number of piperidine rings is 1. The smallest absolute Gasteiger partial charge is 0.257 e. The zero-order valence-electron chi connectivity index (χ0n) is 23.6. The number of anilines is 1. The largest absolute Gasteiger partial charge is 0.474 e. The summed E-state index contributed by atoms with van der Waals surface area (Å²) in [5, 5.41) is 3.67. The van der Waals surface area contributed by atoms with Crippen LogP contribution in [0.3, 0.4) is 0 Å². The molecule has 42 heavy (non-hydrogen) atoms. The second-order valence-corrected chi connectivity index (χ2v) is 11.1. The minimum Gasteiger partial charge on any atom is -0.474 e. The van der Waals surface area contributed by atoms with Gasteiger partial charge in [0, 0.05) is 61.4 Å². The molecule has 0 spiro atoms. The highest BCUT2D eigenvalue weighted by atomic mass is 35.5. The molecule has 0 bridgehead atoms. The van der Waals surface area contributed by atoms with Gasteiger partial charge in [-0.3, -0.25) is 14.7 Å². The molecule has 1 aliphatic rings. The van der Waals surface area contributed by atoms with Crippen LogP contribution in [0.4, 0.5) is 5.69 Å². The lowest BCUT2D eigenvalue weighted by Gasteiger charge is -2.31. The fourth-order valence-electron chi connectivity index (χ4n) is 5.15. The Balaban J connectivity index is 1.04. The SMILES string of the molecule is Cc1ccc(C(=O)Nc2ccc3c(c2)nc(CN2CCC(Oc4ccnc(Cc5ccc(Cl)cc5)n4)CC2)n3C)cn1. The number of amides is 1. The summed E-state index contributed by atoms with van der Waals surface area (Å²) < 4.78 is 8.37. The maximum absolute atomic E-state index is 12.6. The number of halogens is 1. The molecule has 5 aromatic rings. The van der Waals surface area contributed by atoms with Crippen LogP contribution in [0.25, 0.3) is 11.0 Å². The number of nitrogens with one attached hydrogen (secondary N) is 1. The van der Waals surface area contributed by atoms with Crippen molar-refractivity contribution in [1.82, 2.24) is 29.4 Å². The van der Waals surface area contributed by atoms with Crippen molar-refractivity contribution in [3.8, 4) is 5.88 Å². The van der Waals surface area contributed by atoms with Crippen molar-refractivity contribution in [2.24, 2.45) is 7.05 Å². The highest BCUT2D eigenvalue weighted by molar-refractivity contribution is 6.30. The van der Waals surface area contributed by atoms with Crippen molar-refractivity contribution in [3.63, 3.8) is 0 Å². The Morgan fingerprint density at radius 2 is 1.83 bits per heavy atom. The van der Waals surface area contributed by atoms with Crippen LogP contribution < -0.4 is 10.1 Å². The predicted molar refractivity (Wildman–Crippen MR) is 163 cm³/mol. The van der Waals surface area contributed by atoms with Crippen LogP contribution in [0, 0.1) is 6.92 Å². The number of hydrogen-bond donors (Lipinski definition) is 1. The van der Waals surface area contributed by atoms with Crippen LogP contribution in [0.5, 0.6) is 5.88 Å². The van der Waals surface area contributed by atoms with Gasteiger partial charge < -0.3 is 14.6 Å². The highest BCUT2D eigenvalue weighted by Gasteiger charge is 2.23. The van der Waals surface area contributed by atoms with E-state index in [0.29, 0.717) is 28.6 Å². The third-order valence-corrected chi connectivity index (χ3v) is 7.80. The van der Waals surface area contributed by atoms with Gasteiger partial charge in [0.1, 0.15) is 17.8 Å². The van der Waals surface area contributed by atoms with E-state index in [2.05, 4.69) is 29.7 Å². The van der Waals surface area contributed by atoms with E-state index in [1.54, 1.807) is 18.5 Å². The molecule has 1 aliphatic heterocycles. The van der Waals surface area contributed by atoms with Gasteiger partial charge in [-0.25, -0.2) is 9.97 Å². The third-order valence-electron chi connectivity index (χ3n) is 7.55. The van der Waals surface area contributed by atoms with E-state index >= 15 is 0 Å². The van der Waals surface area contributed by atoms with Gasteiger partial charge in [0.15, 0.2) is 0 Å². The molecule has 1 saturated heterocycles. The zero-order valence-corrected chi connectivity index (χ0v) is 24.4. The fourth-order valence-corrected chi connectivity index (χ4v) is 5.27. The van der Waals surface area contributed by atoms with E-state index in [1.807, 2.05) is 68.6 Å². The molecular weight excluding hydrogens is 550 g/mol. The maximum Gasteiger partial charge on any atom is 0.257 e. The number of ether oxygens (including phenoxy) is 1. The minimum atomic E-state index is -0.192. The minimum absolute atomic E-state index is 0.106. The number of nitrogens with zero attached hydrogens (tertiary/aromatic N) is 6. The number of hydrogen-bond acceptors (Lipinski definition) is 7. The Morgan fingerprint density at radius 1 is 1.02 bits per heavy atom. The van der Waals surface area contributed by atoms with E-state index in [4.69, 9.17) is 21.3 Å². The van der Waals surface area contributed by atoms with E-state index in [0.717, 1.165) is 66.4 Å². The van der Waals surface area contributed by atoms with Crippen molar-refractivity contribution in [2.75, 3.05) is 18.4 Å². The average molecular weight is 582 g/mol. The molecule has 0 atom stereocenters. The first-order chi connectivity index (χ1) is 20.4. The first-order valence-electron chi connectivity index (χ1n) is 14.0. The second-order valence-electron chi connectivity index (χ2n) is 10.6. The van der Waals surface area contributed by atoms with Crippen LogP contribution in [-0.2, 0) is 20.0 Å². The molecule has 1 N–H and O–H groups in total. The number of benzene rings is 2. The molecule has 4 heterocycles. The van der Waals surface area contributed by atoms with Gasteiger partial charge in [-0.1, -0.05) is 23.7 Å². The molecule has 6 rings (SSSR count). The third kappa shape index (κ3) is 6.58. The molecule has 0 saturated carbocycles. The number of likely N-dealkylation sites (tertiary alicyclic amines) is 1. The van der Waals surface area contributed by atoms with E-state index in [-0.39, 0.29) is 12.0 Å². The normalized spacial score (nSPS) is 14.3. The van der Waals surface area contributed by atoms with Gasteiger partial charge in [-0.15, -0.1) is 0 Å². The van der Waals surface area contributed by atoms with Crippen LogP contribution >= 0.6 is 11.6 Å². The van der Waals surface area contributed by atoms with Crippen molar-refractivity contribution < 1.29 is 9.53 Å². The summed E-state index contributed by atoms with van der Waals surface area (Å²) in [6.45, 7) is 4.45. The number of imidazole rings is 1. The summed E-state index contributed by atoms with van der Waals surface area (Å²) in [6.07, 6.45) is 5.89. The predicted octanol–water partition coefficient (Wildman–Crippen LogP) is 5.61. The van der Waals surface area contributed by atoms with Gasteiger partial charge >= 0.3 is 0 Å². The van der Waals surface area contributed by atoms with E-state index in [9.17, 15) is 4.79 Å². The molecule has 0 radical (unpaired) electrons. The van der Waals surface area contributed by atoms with E-state index in [1.165, 1.54) is 0 Å². The molecular formula is C32H32ClN7O2. The molecule has 9 nitrogen and oxygen atoms in total. The summed E-state index contributed by atoms with van der Waals surface area (Å²) in [4.78, 5) is 33.2. The Hall–Kier alpha value is -4.34. The second kappa shape index (κ2) is 12.3. The van der Waals surface area contributed by atoms with Gasteiger partial charge in [0.25, 0.3) is 5.91 Å². The maximum atomic E-state index is 12.6. The lowest BCUT2D eigenvalue weighted by molar-refractivity contribution is 0.0912. The number of aromatic nitrogens is 5. The standard InChI is InChI=1S/C32H32ClN7O2/c1-21-3-6-23(19-35-21)32(41)36-25-9-10-28-27(18-25)37-30(39(28)2)20-40-15-12-26(13-16-40)42-31-11-14-34-29(38-31)17-22-4-7-24(33)8-5-22/h3-11,14,18-19,26H,12-13,15-17,20H2,1-2H3,(H,36,41). The van der Waals surface area contributed by atoms with Crippen molar-refractivity contribution in [3.05, 3.63) is 107 Å². The molecule has 214 valence electrons. The summed E-state index contributed by atoms with van der Waals surface area (Å²) in [7, 11) is 2.04. The average Bonchev–Trinajstić information content (AvgIpc) is 3.29. The number of rotatable bonds is 8. The summed E-state index contributed by atoms with van der Waals surface area (Å²) in [6, 6.07) is 19.0. The molecule has 10 heteroatoms. The summed E-state index contributed by atoms with van der Waals surface area (Å²) in [5.41, 5.74) is 5.08. The molecule has 3 aromatic heterocycles. The Morgan fingerprint density at radius 3 is 2.60 bits per heavy atom. The van der Waals surface area contributed by atoms with Crippen molar-refractivity contribution >= 4 is 34.2 Å². The van der Waals surface area contributed by atoms with Crippen LogP contribution in [0.1, 0.15) is 46.1 Å². The molecule has 1 fully saturated rings. The number of aryl methyl sites for hydroxylation is 2. The monoisotopic (exact) mass is 581 g/mol. The first kappa shape index (κ1) is 27.8. The Labute approximate surface area is 249 Å². The number of carbonyl (C=O) groups excluding carboxylic acids is 1. The Kier molecular flexibility index (Phi) is 8.12. The van der Waals surface area contributed by atoms with Crippen molar-refractivity contribution in [2.45, 2.75) is 38.8 Å². The van der Waals surface area contributed by atoms with Crippen LogP contribution in [0.15, 0.2) is 73.1 Å². The lowest BCUT2D eigenvalue weighted by Crippen LogP contribution is -2.38. The lowest BCUT2D eigenvalue weighted by atomic mass is 10.1. The summed E-state index contributed by atoms with van der Waals surface area (Å²) in [5.74, 6) is 2.13. The zero-order chi connectivity index (χ0) is 29.1. The first-order valence-corrected chi connectivity index (χ1v) is 14.4. The van der Waals surface area contributed by atoms with Gasteiger partial charge in [0.05, 0.1) is 23.1 Å². The number of carbonyl (C=O) groups is 1. The highest BCUT2D eigenvalue weighted by Crippen LogP contribution is 2.23. The molecule has 1 amide bonds. The number of pyridine rings is 1. The topological polar surface area (TPSA) is 98.1 Å². The summed E-state index contributed by atoms with van der Waals surface area (Å²) >= 11 is 6.00. The van der Waals surface area contributed by atoms with E-state index < -0.39 is 0 Å². The van der Waals surface area contributed by atoms with Crippen LogP contribution in [0.2, 0.25) is 5.02 Å². The molecule has 0 unspecified atom stereocenters. The Bertz CT molecular complexity index is 1700. The number of fused-ring (bicyclic) bond motifs is 1. The molecule has 2 aromatic carbocycles.